The number of aromatic nitrogens is 1. The van der Waals surface area contributed by atoms with E-state index in [0.717, 1.165) is 6.42 Å². The second-order valence-corrected chi connectivity index (χ2v) is 5.95. The Morgan fingerprint density at radius 1 is 0.857 bits per heavy atom. The van der Waals surface area contributed by atoms with Crippen molar-refractivity contribution >= 4 is 32.6 Å². The molecular weight excluding hydrogens is 254 g/mol. The fraction of sp³-hybridized carbons (Fsp3) is 0.200. The largest absolute Gasteiger partial charge is 0.343 e. The fourth-order valence-electron chi connectivity index (χ4n) is 3.43. The highest BCUT2D eigenvalue weighted by molar-refractivity contribution is 6.17. The van der Waals surface area contributed by atoms with Crippen LogP contribution in [0.2, 0.25) is 0 Å². The van der Waals surface area contributed by atoms with Crippen LogP contribution >= 0.6 is 0 Å². The molecule has 0 fully saturated rings. The second-order valence-electron chi connectivity index (χ2n) is 5.95. The van der Waals surface area contributed by atoms with Crippen molar-refractivity contribution in [3.05, 3.63) is 59.7 Å². The van der Waals surface area contributed by atoms with Crippen molar-refractivity contribution in [2.75, 3.05) is 0 Å². The normalized spacial score (nSPS) is 11.8. The van der Waals surface area contributed by atoms with Crippen LogP contribution in [0.1, 0.15) is 18.1 Å². The van der Waals surface area contributed by atoms with Crippen LogP contribution in [0.15, 0.2) is 48.5 Å². The van der Waals surface area contributed by atoms with Gasteiger partial charge in [-0.05, 0) is 30.4 Å². The highest BCUT2D eigenvalue weighted by Crippen LogP contribution is 2.34. The lowest BCUT2D eigenvalue weighted by molar-refractivity contribution is 1.01. The molecular formula is C20H19N. The molecule has 0 unspecified atom stereocenters. The molecule has 1 heterocycles. The zero-order valence-electron chi connectivity index (χ0n) is 12.8. The Morgan fingerprint density at radius 2 is 1.62 bits per heavy atom. The maximum atomic E-state index is 2.35. The van der Waals surface area contributed by atoms with Gasteiger partial charge in [0.1, 0.15) is 0 Å². The molecule has 4 aromatic rings. The van der Waals surface area contributed by atoms with Gasteiger partial charge in [0.05, 0.1) is 5.52 Å². The number of benzene rings is 3. The monoisotopic (exact) mass is 273 g/mol. The summed E-state index contributed by atoms with van der Waals surface area (Å²) < 4.78 is 2.35. The Bertz CT molecular complexity index is 989. The molecule has 3 aromatic carbocycles. The van der Waals surface area contributed by atoms with E-state index in [0.29, 0.717) is 0 Å². The summed E-state index contributed by atoms with van der Waals surface area (Å²) in [6.45, 7) is 4.36. The smallest absolute Gasteiger partial charge is 0.0568 e. The number of hydrogen-bond donors (Lipinski definition) is 0. The van der Waals surface area contributed by atoms with E-state index in [1.165, 1.54) is 43.7 Å². The average Bonchev–Trinajstić information content (AvgIpc) is 2.79. The molecule has 0 aliphatic rings. The first-order valence-electron chi connectivity index (χ1n) is 7.59. The summed E-state index contributed by atoms with van der Waals surface area (Å²) in [5.74, 6) is 0. The Morgan fingerprint density at radius 3 is 2.43 bits per heavy atom. The number of aryl methyl sites for hydroxylation is 3. The van der Waals surface area contributed by atoms with Gasteiger partial charge in [-0.2, -0.15) is 0 Å². The number of nitrogens with zero attached hydrogens (tertiary/aromatic N) is 1. The summed E-state index contributed by atoms with van der Waals surface area (Å²) in [4.78, 5) is 0. The van der Waals surface area contributed by atoms with E-state index in [9.17, 15) is 0 Å². The van der Waals surface area contributed by atoms with Crippen LogP contribution in [0.3, 0.4) is 0 Å². The standard InChI is InChI=1S/C20H19N/c1-4-14-6-9-17-18-10-7-15-11-13(2)5-8-16(15)20(18)21(3)19(17)12-14/h5-12H,4H2,1-3H3. The third-order valence-electron chi connectivity index (χ3n) is 4.60. The summed E-state index contributed by atoms with van der Waals surface area (Å²) in [5, 5.41) is 5.37. The summed E-state index contributed by atoms with van der Waals surface area (Å²) >= 11 is 0. The molecule has 0 radical (unpaired) electrons. The van der Waals surface area contributed by atoms with Gasteiger partial charge in [0.15, 0.2) is 0 Å². The van der Waals surface area contributed by atoms with Crippen LogP contribution in [-0.4, -0.2) is 4.57 Å². The van der Waals surface area contributed by atoms with Crippen LogP contribution in [0.4, 0.5) is 0 Å². The molecule has 1 aromatic heterocycles. The van der Waals surface area contributed by atoms with Gasteiger partial charge >= 0.3 is 0 Å². The third kappa shape index (κ3) is 1.70. The summed E-state index contributed by atoms with van der Waals surface area (Å²) in [7, 11) is 2.18. The van der Waals surface area contributed by atoms with Crippen LogP contribution in [0, 0.1) is 6.92 Å². The third-order valence-corrected chi connectivity index (χ3v) is 4.60. The van der Waals surface area contributed by atoms with E-state index in [-0.39, 0.29) is 0 Å². The predicted molar refractivity (Wildman–Crippen MR) is 92.0 cm³/mol. The first kappa shape index (κ1) is 12.5. The molecule has 104 valence electrons. The zero-order chi connectivity index (χ0) is 14.6. The van der Waals surface area contributed by atoms with E-state index in [1.807, 2.05) is 0 Å². The highest BCUT2D eigenvalue weighted by Gasteiger charge is 2.11. The molecule has 0 saturated heterocycles. The van der Waals surface area contributed by atoms with Gasteiger partial charge in [0, 0.05) is 28.7 Å². The maximum absolute atomic E-state index is 2.35. The molecule has 21 heavy (non-hydrogen) atoms. The Kier molecular flexibility index (Phi) is 2.58. The number of fused-ring (bicyclic) bond motifs is 5. The topological polar surface area (TPSA) is 4.93 Å². The quantitative estimate of drug-likeness (QED) is 0.440. The molecule has 0 saturated carbocycles. The molecule has 0 bridgehead atoms. The van der Waals surface area contributed by atoms with Crippen LogP contribution in [0.5, 0.6) is 0 Å². The molecule has 0 atom stereocenters. The van der Waals surface area contributed by atoms with Crippen LogP contribution in [-0.2, 0) is 13.5 Å². The molecule has 0 amide bonds. The van der Waals surface area contributed by atoms with Crippen molar-refractivity contribution in [3.8, 4) is 0 Å². The van der Waals surface area contributed by atoms with Crippen molar-refractivity contribution in [2.45, 2.75) is 20.3 Å². The van der Waals surface area contributed by atoms with Gasteiger partial charge in [-0.15, -0.1) is 0 Å². The summed E-state index contributed by atoms with van der Waals surface area (Å²) in [6.07, 6.45) is 1.08. The van der Waals surface area contributed by atoms with Crippen molar-refractivity contribution in [1.29, 1.82) is 0 Å². The lowest BCUT2D eigenvalue weighted by atomic mass is 10.0. The Balaban J connectivity index is 2.23. The summed E-state index contributed by atoms with van der Waals surface area (Å²) in [5.41, 5.74) is 5.38. The Hall–Kier alpha value is -2.28. The molecule has 0 N–H and O–H groups in total. The molecule has 0 spiro atoms. The minimum atomic E-state index is 1.08. The van der Waals surface area contributed by atoms with Crippen molar-refractivity contribution < 1.29 is 0 Å². The molecule has 0 aliphatic heterocycles. The second kappa shape index (κ2) is 4.36. The minimum absolute atomic E-state index is 1.08. The van der Waals surface area contributed by atoms with Crippen LogP contribution < -0.4 is 0 Å². The molecule has 1 heteroatoms. The maximum Gasteiger partial charge on any atom is 0.0568 e. The number of rotatable bonds is 1. The summed E-state index contributed by atoms with van der Waals surface area (Å²) in [6, 6.07) is 18.1. The van der Waals surface area contributed by atoms with Gasteiger partial charge in [-0.1, -0.05) is 55.0 Å². The van der Waals surface area contributed by atoms with Gasteiger partial charge in [0.2, 0.25) is 0 Å². The van der Waals surface area contributed by atoms with E-state index >= 15 is 0 Å². The number of hydrogen-bond acceptors (Lipinski definition) is 0. The van der Waals surface area contributed by atoms with Gasteiger partial charge in [-0.3, -0.25) is 0 Å². The van der Waals surface area contributed by atoms with Crippen molar-refractivity contribution in [3.63, 3.8) is 0 Å². The predicted octanol–water partition coefficient (Wildman–Crippen LogP) is 5.36. The first-order valence-corrected chi connectivity index (χ1v) is 7.59. The SMILES string of the molecule is CCc1ccc2c3ccc4cc(C)ccc4c3n(C)c2c1. The Labute approximate surface area is 124 Å². The van der Waals surface area contributed by atoms with E-state index in [4.69, 9.17) is 0 Å². The lowest BCUT2D eigenvalue weighted by Crippen LogP contribution is -1.89. The first-order chi connectivity index (χ1) is 10.2. The molecule has 1 nitrogen and oxygen atoms in total. The van der Waals surface area contributed by atoms with Crippen LogP contribution in [0.25, 0.3) is 32.6 Å². The van der Waals surface area contributed by atoms with Gasteiger partial charge in [-0.25, -0.2) is 0 Å². The van der Waals surface area contributed by atoms with Gasteiger partial charge < -0.3 is 4.57 Å². The minimum Gasteiger partial charge on any atom is -0.343 e. The highest BCUT2D eigenvalue weighted by atomic mass is 14.9. The van der Waals surface area contributed by atoms with Crippen molar-refractivity contribution in [1.82, 2.24) is 4.57 Å². The molecule has 4 rings (SSSR count). The molecule has 0 aliphatic carbocycles. The zero-order valence-corrected chi connectivity index (χ0v) is 12.8. The van der Waals surface area contributed by atoms with Crippen molar-refractivity contribution in [2.24, 2.45) is 7.05 Å². The lowest BCUT2D eigenvalue weighted by Gasteiger charge is -2.04. The fourth-order valence-corrected chi connectivity index (χ4v) is 3.43. The average molecular weight is 273 g/mol. The van der Waals surface area contributed by atoms with Gasteiger partial charge in [0.25, 0.3) is 0 Å². The van der Waals surface area contributed by atoms with E-state index in [2.05, 4.69) is 74.0 Å². The van der Waals surface area contributed by atoms with E-state index in [1.54, 1.807) is 0 Å². The van der Waals surface area contributed by atoms with E-state index < -0.39 is 0 Å².